The molecule has 3 rings (SSSR count). The van der Waals surface area contributed by atoms with Gasteiger partial charge in [-0.15, -0.1) is 11.3 Å². The van der Waals surface area contributed by atoms with E-state index < -0.39 is 11.6 Å². The molecule has 0 radical (unpaired) electrons. The third kappa shape index (κ3) is 2.68. The Bertz CT molecular complexity index is 764. The summed E-state index contributed by atoms with van der Waals surface area (Å²) in [6.45, 7) is 0.00966. The number of carbonyl (C=O) groups excluding carboxylic acids is 1. The van der Waals surface area contributed by atoms with Gasteiger partial charge in [-0.25, -0.2) is 8.78 Å². The van der Waals surface area contributed by atoms with Gasteiger partial charge < -0.3 is 4.57 Å². The van der Waals surface area contributed by atoms with Crippen LogP contribution in [0, 0.1) is 17.0 Å². The Kier molecular flexibility index (Phi) is 3.71. The SMILES string of the molecule is N=c1sc2c(n1CC(=O)c1ccc(F)c(F)c1)CCCC2. The predicted molar refractivity (Wildman–Crippen MR) is 75.5 cm³/mol. The Morgan fingerprint density at radius 3 is 2.76 bits per heavy atom. The van der Waals surface area contributed by atoms with E-state index >= 15 is 0 Å². The van der Waals surface area contributed by atoms with Crippen molar-refractivity contribution in [2.24, 2.45) is 0 Å². The van der Waals surface area contributed by atoms with Crippen molar-refractivity contribution in [2.75, 3.05) is 0 Å². The van der Waals surface area contributed by atoms with Crippen LogP contribution in [-0.2, 0) is 19.4 Å². The van der Waals surface area contributed by atoms with Crippen LogP contribution in [0.2, 0.25) is 0 Å². The van der Waals surface area contributed by atoms with Gasteiger partial charge in [0.05, 0.1) is 6.54 Å². The van der Waals surface area contributed by atoms with E-state index in [-0.39, 0.29) is 17.9 Å². The summed E-state index contributed by atoms with van der Waals surface area (Å²) in [5.41, 5.74) is 1.18. The molecule has 0 bridgehead atoms. The number of thiazole rings is 1. The molecule has 6 heteroatoms. The first kappa shape index (κ1) is 14.1. The molecule has 0 amide bonds. The maximum atomic E-state index is 13.2. The topological polar surface area (TPSA) is 45.9 Å². The van der Waals surface area contributed by atoms with Crippen LogP contribution in [0.1, 0.15) is 33.8 Å². The number of nitrogens with zero attached hydrogens (tertiary/aromatic N) is 1. The normalized spacial score (nSPS) is 14.0. The van der Waals surface area contributed by atoms with Crippen molar-refractivity contribution in [3.63, 3.8) is 0 Å². The maximum Gasteiger partial charge on any atom is 0.182 e. The molecule has 2 aromatic rings. The van der Waals surface area contributed by atoms with E-state index in [0.717, 1.165) is 43.5 Å². The van der Waals surface area contributed by atoms with E-state index in [1.54, 1.807) is 4.57 Å². The lowest BCUT2D eigenvalue weighted by molar-refractivity contribution is 0.0969. The molecule has 0 atom stereocenters. The number of hydrogen-bond acceptors (Lipinski definition) is 3. The molecule has 110 valence electrons. The molecule has 1 aliphatic carbocycles. The first-order valence-corrected chi connectivity index (χ1v) is 7.62. The number of benzene rings is 1. The fourth-order valence-corrected chi connectivity index (χ4v) is 3.72. The highest BCUT2D eigenvalue weighted by Gasteiger charge is 2.19. The highest BCUT2D eigenvalue weighted by Crippen LogP contribution is 2.23. The molecular formula is C15H14F2N2OS. The molecule has 0 saturated heterocycles. The number of ketones is 1. The van der Waals surface area contributed by atoms with Crippen LogP contribution in [0.15, 0.2) is 18.2 Å². The minimum atomic E-state index is -1.02. The summed E-state index contributed by atoms with van der Waals surface area (Å²) in [6.07, 6.45) is 4.00. The second kappa shape index (κ2) is 5.52. The van der Waals surface area contributed by atoms with Gasteiger partial charge in [-0.1, -0.05) is 0 Å². The van der Waals surface area contributed by atoms with Crippen molar-refractivity contribution in [2.45, 2.75) is 32.2 Å². The number of fused-ring (bicyclic) bond motifs is 1. The van der Waals surface area contributed by atoms with E-state index in [1.807, 2.05) is 0 Å². The van der Waals surface area contributed by atoms with Crippen LogP contribution < -0.4 is 4.80 Å². The van der Waals surface area contributed by atoms with E-state index in [4.69, 9.17) is 5.41 Å². The zero-order valence-electron chi connectivity index (χ0n) is 11.3. The van der Waals surface area contributed by atoms with Gasteiger partial charge in [-0.05, 0) is 43.9 Å². The molecule has 1 aromatic heterocycles. The van der Waals surface area contributed by atoms with Gasteiger partial charge in [0.25, 0.3) is 0 Å². The Labute approximate surface area is 124 Å². The van der Waals surface area contributed by atoms with Crippen LogP contribution in [0.4, 0.5) is 8.78 Å². The molecule has 0 saturated carbocycles. The number of rotatable bonds is 3. The summed E-state index contributed by atoms with van der Waals surface area (Å²) in [5, 5.41) is 7.99. The van der Waals surface area contributed by atoms with Gasteiger partial charge in [-0.3, -0.25) is 10.2 Å². The molecule has 0 aliphatic heterocycles. The molecule has 1 N–H and O–H groups in total. The van der Waals surface area contributed by atoms with Gasteiger partial charge in [-0.2, -0.15) is 0 Å². The second-order valence-electron chi connectivity index (χ2n) is 5.12. The third-order valence-corrected chi connectivity index (χ3v) is 4.82. The lowest BCUT2D eigenvalue weighted by Gasteiger charge is -2.14. The second-order valence-corrected chi connectivity index (χ2v) is 6.21. The first-order chi connectivity index (χ1) is 10.1. The number of halogens is 2. The fourth-order valence-electron chi connectivity index (χ4n) is 2.62. The first-order valence-electron chi connectivity index (χ1n) is 6.80. The Morgan fingerprint density at radius 2 is 2.00 bits per heavy atom. The van der Waals surface area contributed by atoms with Crippen molar-refractivity contribution in [1.82, 2.24) is 4.57 Å². The molecular weight excluding hydrogens is 294 g/mol. The molecule has 1 heterocycles. The fraction of sp³-hybridized carbons (Fsp3) is 0.333. The average Bonchev–Trinajstić information content (AvgIpc) is 2.78. The standard InChI is InChI=1S/C15H14F2N2OS/c16-10-6-5-9(7-11(10)17)13(20)8-19-12-3-1-2-4-14(12)21-15(19)18/h5-7,18H,1-4,8H2. The summed E-state index contributed by atoms with van der Waals surface area (Å²) in [7, 11) is 0. The van der Waals surface area contributed by atoms with Crippen molar-refractivity contribution >= 4 is 17.1 Å². The highest BCUT2D eigenvalue weighted by molar-refractivity contribution is 7.09. The van der Waals surface area contributed by atoms with Crippen LogP contribution in [0.5, 0.6) is 0 Å². The highest BCUT2D eigenvalue weighted by atomic mass is 32.1. The van der Waals surface area contributed by atoms with Crippen molar-refractivity contribution in [1.29, 1.82) is 5.41 Å². The summed E-state index contributed by atoms with van der Waals surface area (Å²) >= 11 is 1.40. The minimum Gasteiger partial charge on any atom is -0.313 e. The van der Waals surface area contributed by atoms with Crippen LogP contribution in [0.25, 0.3) is 0 Å². The zero-order valence-corrected chi connectivity index (χ0v) is 12.1. The van der Waals surface area contributed by atoms with Crippen molar-refractivity contribution in [3.05, 3.63) is 50.8 Å². The van der Waals surface area contributed by atoms with E-state index in [2.05, 4.69) is 0 Å². The number of Topliss-reactive ketones (excluding diaryl/α,β-unsaturated/α-hetero) is 1. The zero-order chi connectivity index (χ0) is 15.0. The van der Waals surface area contributed by atoms with Crippen molar-refractivity contribution in [3.8, 4) is 0 Å². The molecule has 0 unspecified atom stereocenters. The molecule has 0 fully saturated rings. The summed E-state index contributed by atoms with van der Waals surface area (Å²) in [6, 6.07) is 3.16. The number of aryl methyl sites for hydroxylation is 1. The Balaban J connectivity index is 1.89. The molecule has 21 heavy (non-hydrogen) atoms. The van der Waals surface area contributed by atoms with Gasteiger partial charge in [0.15, 0.2) is 22.2 Å². The van der Waals surface area contributed by atoms with Gasteiger partial charge in [0.1, 0.15) is 0 Å². The van der Waals surface area contributed by atoms with E-state index in [0.29, 0.717) is 4.80 Å². The van der Waals surface area contributed by atoms with Crippen LogP contribution in [0.3, 0.4) is 0 Å². The third-order valence-electron chi connectivity index (χ3n) is 3.72. The maximum absolute atomic E-state index is 13.2. The molecule has 3 nitrogen and oxygen atoms in total. The summed E-state index contributed by atoms with van der Waals surface area (Å²) < 4.78 is 27.8. The Hall–Kier alpha value is -1.82. The number of nitrogens with one attached hydrogen (secondary N) is 1. The molecule has 1 aliphatic rings. The molecule has 1 aromatic carbocycles. The van der Waals surface area contributed by atoms with Crippen LogP contribution >= 0.6 is 11.3 Å². The van der Waals surface area contributed by atoms with Gasteiger partial charge in [0.2, 0.25) is 0 Å². The van der Waals surface area contributed by atoms with E-state index in [9.17, 15) is 13.6 Å². The monoisotopic (exact) mass is 308 g/mol. The lowest BCUT2D eigenvalue weighted by Crippen LogP contribution is -2.22. The quantitative estimate of drug-likeness (QED) is 0.870. The van der Waals surface area contributed by atoms with E-state index in [1.165, 1.54) is 22.3 Å². The van der Waals surface area contributed by atoms with Crippen molar-refractivity contribution < 1.29 is 13.6 Å². The average molecular weight is 308 g/mol. The molecule has 0 spiro atoms. The summed E-state index contributed by atoms with van der Waals surface area (Å²) in [4.78, 5) is 13.7. The van der Waals surface area contributed by atoms with Gasteiger partial charge >= 0.3 is 0 Å². The van der Waals surface area contributed by atoms with Crippen LogP contribution in [-0.4, -0.2) is 10.4 Å². The number of aromatic nitrogens is 1. The lowest BCUT2D eigenvalue weighted by atomic mass is 10.0. The number of hydrogen-bond donors (Lipinski definition) is 1. The Morgan fingerprint density at radius 1 is 1.24 bits per heavy atom. The minimum absolute atomic E-state index is 0.00966. The van der Waals surface area contributed by atoms with Gasteiger partial charge in [0, 0.05) is 16.1 Å². The summed E-state index contributed by atoms with van der Waals surface area (Å²) in [5.74, 6) is -2.30. The smallest absolute Gasteiger partial charge is 0.182 e. The number of carbonyl (C=O) groups is 1. The predicted octanol–water partition coefficient (Wildman–Crippen LogP) is 3.07. The largest absolute Gasteiger partial charge is 0.313 e.